The maximum Gasteiger partial charge on any atom is 0.242 e. The topological polar surface area (TPSA) is 58.6 Å². The molecule has 0 aliphatic heterocycles. The highest BCUT2D eigenvalue weighted by atomic mass is 32.2. The number of rotatable bonds is 7. The van der Waals surface area contributed by atoms with Crippen LogP contribution in [0.1, 0.15) is 12.5 Å². The number of ether oxygens (including phenoxy) is 1. The minimum Gasteiger partial charge on any atom is -0.494 e. The third-order valence-corrected chi connectivity index (χ3v) is 5.15. The Labute approximate surface area is 137 Å². The first-order valence-electron chi connectivity index (χ1n) is 7.41. The summed E-state index contributed by atoms with van der Waals surface area (Å²) in [4.78, 5) is 0.300. The van der Waals surface area contributed by atoms with Gasteiger partial charge in [0.25, 0.3) is 0 Å². The van der Waals surface area contributed by atoms with Crippen molar-refractivity contribution in [1.82, 2.24) is 4.31 Å². The molecule has 0 aliphatic carbocycles. The van der Waals surface area contributed by atoms with Crippen molar-refractivity contribution in [3.63, 3.8) is 0 Å². The maximum atomic E-state index is 12.1. The molecular formula is C17H22N2O3S. The molecule has 23 heavy (non-hydrogen) atoms. The van der Waals surface area contributed by atoms with Crippen LogP contribution in [0.4, 0.5) is 5.69 Å². The quantitative estimate of drug-likeness (QED) is 0.846. The highest BCUT2D eigenvalue weighted by Crippen LogP contribution is 2.18. The molecule has 5 nitrogen and oxygen atoms in total. The zero-order valence-electron chi connectivity index (χ0n) is 13.6. The molecule has 2 aromatic rings. The Bertz CT molecular complexity index is 741. The van der Waals surface area contributed by atoms with E-state index in [0.29, 0.717) is 18.0 Å². The molecule has 0 heterocycles. The molecule has 0 aliphatic rings. The summed E-state index contributed by atoms with van der Waals surface area (Å²) in [6.45, 7) is 3.13. The molecule has 0 fully saturated rings. The molecule has 0 aromatic heterocycles. The molecular weight excluding hydrogens is 312 g/mol. The van der Waals surface area contributed by atoms with E-state index in [2.05, 4.69) is 5.32 Å². The van der Waals surface area contributed by atoms with E-state index in [1.165, 1.54) is 18.4 Å². The molecule has 0 amide bonds. The summed E-state index contributed by atoms with van der Waals surface area (Å²) < 4.78 is 30.9. The molecule has 0 atom stereocenters. The van der Waals surface area contributed by atoms with E-state index in [1.807, 2.05) is 37.3 Å². The minimum atomic E-state index is -3.41. The van der Waals surface area contributed by atoms with Gasteiger partial charge in [-0.2, -0.15) is 0 Å². The van der Waals surface area contributed by atoms with E-state index in [4.69, 9.17) is 4.74 Å². The number of hydrogen-bond donors (Lipinski definition) is 1. The summed E-state index contributed by atoms with van der Waals surface area (Å²) in [5, 5.41) is 3.27. The molecule has 0 saturated heterocycles. The summed E-state index contributed by atoms with van der Waals surface area (Å²) in [5.74, 6) is 0.831. The molecule has 2 rings (SSSR count). The van der Waals surface area contributed by atoms with Gasteiger partial charge >= 0.3 is 0 Å². The van der Waals surface area contributed by atoms with Gasteiger partial charge in [-0.05, 0) is 48.9 Å². The highest BCUT2D eigenvalue weighted by molar-refractivity contribution is 7.89. The number of hydrogen-bond acceptors (Lipinski definition) is 4. The zero-order chi connectivity index (χ0) is 16.9. The van der Waals surface area contributed by atoms with Crippen molar-refractivity contribution >= 4 is 15.7 Å². The molecule has 0 saturated carbocycles. The molecule has 0 radical (unpaired) electrons. The van der Waals surface area contributed by atoms with Crippen LogP contribution in [-0.4, -0.2) is 33.4 Å². The predicted octanol–water partition coefficient (Wildman–Crippen LogP) is 2.95. The average Bonchev–Trinajstić information content (AvgIpc) is 2.54. The summed E-state index contributed by atoms with van der Waals surface area (Å²) in [7, 11) is -0.349. The van der Waals surface area contributed by atoms with Crippen molar-refractivity contribution < 1.29 is 13.2 Å². The first-order valence-corrected chi connectivity index (χ1v) is 8.85. The van der Waals surface area contributed by atoms with E-state index in [-0.39, 0.29) is 0 Å². The van der Waals surface area contributed by atoms with Gasteiger partial charge < -0.3 is 10.1 Å². The van der Waals surface area contributed by atoms with Crippen LogP contribution in [0.5, 0.6) is 5.75 Å². The monoisotopic (exact) mass is 334 g/mol. The molecule has 2 aromatic carbocycles. The van der Waals surface area contributed by atoms with Gasteiger partial charge in [-0.1, -0.05) is 12.1 Å². The Hall–Kier alpha value is -2.05. The Balaban J connectivity index is 2.06. The van der Waals surface area contributed by atoms with Crippen molar-refractivity contribution in [3.8, 4) is 5.75 Å². The lowest BCUT2D eigenvalue weighted by Gasteiger charge is -2.13. The van der Waals surface area contributed by atoms with Gasteiger partial charge in [0.05, 0.1) is 11.5 Å². The van der Waals surface area contributed by atoms with Gasteiger partial charge in [-0.3, -0.25) is 0 Å². The maximum absolute atomic E-state index is 12.1. The fourth-order valence-corrected chi connectivity index (χ4v) is 3.04. The number of benzene rings is 2. The zero-order valence-corrected chi connectivity index (χ0v) is 14.4. The second-order valence-electron chi connectivity index (χ2n) is 5.25. The van der Waals surface area contributed by atoms with E-state index < -0.39 is 10.0 Å². The normalized spacial score (nSPS) is 11.5. The summed E-state index contributed by atoms with van der Waals surface area (Å²) in [6, 6.07) is 14.6. The minimum absolute atomic E-state index is 0.300. The van der Waals surface area contributed by atoms with Crippen molar-refractivity contribution in [1.29, 1.82) is 0 Å². The molecule has 6 heteroatoms. The van der Waals surface area contributed by atoms with Crippen LogP contribution in [0.15, 0.2) is 53.4 Å². The van der Waals surface area contributed by atoms with Gasteiger partial charge in [0.2, 0.25) is 10.0 Å². The lowest BCUT2D eigenvalue weighted by atomic mass is 10.2. The van der Waals surface area contributed by atoms with E-state index in [9.17, 15) is 8.42 Å². The Morgan fingerprint density at radius 2 is 1.78 bits per heavy atom. The predicted molar refractivity (Wildman–Crippen MR) is 92.3 cm³/mol. The fraction of sp³-hybridized carbons (Fsp3) is 0.294. The lowest BCUT2D eigenvalue weighted by molar-refractivity contribution is 0.340. The van der Waals surface area contributed by atoms with Crippen molar-refractivity contribution in [2.75, 3.05) is 26.0 Å². The number of sulfonamides is 1. The standard InChI is InChI=1S/C17H22N2O3S/c1-4-22-16-10-8-15(9-11-16)18-13-14-6-5-7-17(12-14)23(20,21)19(2)3/h5-12,18H,4,13H2,1-3H3. The molecule has 1 N–H and O–H groups in total. The SMILES string of the molecule is CCOc1ccc(NCc2cccc(S(=O)(=O)N(C)C)c2)cc1. The Kier molecular flexibility index (Phi) is 5.63. The van der Waals surface area contributed by atoms with Crippen LogP contribution >= 0.6 is 0 Å². The van der Waals surface area contributed by atoms with Crippen LogP contribution < -0.4 is 10.1 Å². The second-order valence-corrected chi connectivity index (χ2v) is 7.40. The van der Waals surface area contributed by atoms with E-state index in [1.54, 1.807) is 18.2 Å². The third-order valence-electron chi connectivity index (χ3n) is 3.34. The van der Waals surface area contributed by atoms with Crippen molar-refractivity contribution in [3.05, 3.63) is 54.1 Å². The average molecular weight is 334 g/mol. The van der Waals surface area contributed by atoms with E-state index in [0.717, 1.165) is 17.0 Å². The summed E-state index contributed by atoms with van der Waals surface area (Å²) in [6.07, 6.45) is 0. The molecule has 0 bridgehead atoms. The van der Waals surface area contributed by atoms with Gasteiger partial charge in [-0.25, -0.2) is 12.7 Å². The van der Waals surface area contributed by atoms with Crippen LogP contribution in [0.3, 0.4) is 0 Å². The second kappa shape index (κ2) is 7.48. The summed E-state index contributed by atoms with van der Waals surface area (Å²) in [5.41, 5.74) is 1.86. The van der Waals surface area contributed by atoms with Crippen molar-refractivity contribution in [2.45, 2.75) is 18.4 Å². The number of anilines is 1. The Morgan fingerprint density at radius 1 is 1.09 bits per heavy atom. The fourth-order valence-electron chi connectivity index (χ4n) is 2.07. The largest absolute Gasteiger partial charge is 0.494 e. The van der Waals surface area contributed by atoms with Crippen LogP contribution in [0, 0.1) is 0 Å². The molecule has 0 spiro atoms. The smallest absolute Gasteiger partial charge is 0.242 e. The van der Waals surface area contributed by atoms with Gasteiger partial charge in [0, 0.05) is 26.3 Å². The van der Waals surface area contributed by atoms with Gasteiger partial charge in [0.15, 0.2) is 0 Å². The summed E-state index contributed by atoms with van der Waals surface area (Å²) >= 11 is 0. The number of nitrogens with one attached hydrogen (secondary N) is 1. The van der Waals surface area contributed by atoms with Gasteiger partial charge in [-0.15, -0.1) is 0 Å². The lowest BCUT2D eigenvalue weighted by Crippen LogP contribution is -2.22. The number of nitrogens with zero attached hydrogens (tertiary/aromatic N) is 1. The van der Waals surface area contributed by atoms with Crippen molar-refractivity contribution in [2.24, 2.45) is 0 Å². The van der Waals surface area contributed by atoms with Crippen LogP contribution in [0.2, 0.25) is 0 Å². The Morgan fingerprint density at radius 3 is 2.39 bits per heavy atom. The van der Waals surface area contributed by atoms with E-state index >= 15 is 0 Å². The first-order chi connectivity index (χ1) is 10.9. The third kappa shape index (κ3) is 4.46. The van der Waals surface area contributed by atoms with Crippen LogP contribution in [0.25, 0.3) is 0 Å². The molecule has 0 unspecified atom stereocenters. The highest BCUT2D eigenvalue weighted by Gasteiger charge is 2.16. The molecule has 124 valence electrons. The van der Waals surface area contributed by atoms with Gasteiger partial charge in [0.1, 0.15) is 5.75 Å². The van der Waals surface area contributed by atoms with Crippen LogP contribution in [-0.2, 0) is 16.6 Å². The first kappa shape index (κ1) is 17.3.